The summed E-state index contributed by atoms with van der Waals surface area (Å²) < 4.78 is 14.6. The summed E-state index contributed by atoms with van der Waals surface area (Å²) in [4.78, 5) is 1.08. The third-order valence-corrected chi connectivity index (χ3v) is 4.92. The second-order valence-electron chi connectivity index (χ2n) is 4.51. The molecule has 0 saturated heterocycles. The van der Waals surface area contributed by atoms with Crippen LogP contribution in [0, 0.1) is 5.82 Å². The van der Waals surface area contributed by atoms with Gasteiger partial charge in [-0.05, 0) is 65.0 Å². The van der Waals surface area contributed by atoms with Crippen LogP contribution in [0.25, 0.3) is 10.4 Å². The maximum Gasteiger partial charge on any atom is 0.123 e. The molecule has 2 aromatic rings. The van der Waals surface area contributed by atoms with Crippen molar-refractivity contribution < 1.29 is 4.39 Å². The van der Waals surface area contributed by atoms with Gasteiger partial charge in [-0.3, -0.25) is 0 Å². The lowest BCUT2D eigenvalue weighted by atomic mass is 10.00. The van der Waals surface area contributed by atoms with Gasteiger partial charge in [0, 0.05) is 21.0 Å². The third-order valence-electron chi connectivity index (χ3n) is 3.04. The first-order valence-electron chi connectivity index (χ1n) is 6.39. The van der Waals surface area contributed by atoms with Gasteiger partial charge in [-0.2, -0.15) is 0 Å². The monoisotopic (exact) mass is 341 g/mol. The Morgan fingerprint density at radius 3 is 2.79 bits per heavy atom. The van der Waals surface area contributed by atoms with Gasteiger partial charge in [0.05, 0.1) is 0 Å². The Balaban J connectivity index is 2.41. The third kappa shape index (κ3) is 3.44. The molecule has 102 valence electrons. The molecule has 0 bridgehead atoms. The van der Waals surface area contributed by atoms with Gasteiger partial charge in [0.2, 0.25) is 0 Å². The number of benzene rings is 1. The molecule has 0 spiro atoms. The van der Waals surface area contributed by atoms with E-state index in [1.807, 2.05) is 17.5 Å². The summed E-state index contributed by atoms with van der Waals surface area (Å²) in [5, 5.41) is 5.47. The van der Waals surface area contributed by atoms with Gasteiger partial charge < -0.3 is 5.32 Å². The fraction of sp³-hybridized carbons (Fsp3) is 0.333. The molecule has 1 aromatic heterocycles. The van der Waals surface area contributed by atoms with Gasteiger partial charge in [0.25, 0.3) is 0 Å². The number of thiophene rings is 1. The topological polar surface area (TPSA) is 12.0 Å². The Morgan fingerprint density at radius 1 is 1.37 bits per heavy atom. The molecule has 0 fully saturated rings. The van der Waals surface area contributed by atoms with E-state index in [0.717, 1.165) is 33.4 Å². The smallest absolute Gasteiger partial charge is 0.123 e. The van der Waals surface area contributed by atoms with Crippen LogP contribution in [0.2, 0.25) is 0 Å². The minimum atomic E-state index is -0.193. The van der Waals surface area contributed by atoms with Crippen LogP contribution < -0.4 is 5.32 Å². The normalized spacial score (nSPS) is 12.6. The van der Waals surface area contributed by atoms with Crippen molar-refractivity contribution in [2.24, 2.45) is 0 Å². The first kappa shape index (κ1) is 14.7. The lowest BCUT2D eigenvalue weighted by Gasteiger charge is -2.17. The molecule has 1 atom stereocenters. The van der Waals surface area contributed by atoms with Gasteiger partial charge in [-0.25, -0.2) is 4.39 Å². The van der Waals surface area contributed by atoms with Gasteiger partial charge >= 0.3 is 0 Å². The standard InChI is InChI=1S/C15H17BrFNS/c1-3-7-18-10(2)12-5-4-11(17)9-13(12)15-14(16)6-8-19-15/h4-6,8-10,18H,3,7H2,1-2H3. The summed E-state index contributed by atoms with van der Waals surface area (Å²) in [6.07, 6.45) is 1.09. The van der Waals surface area contributed by atoms with Crippen LogP contribution in [-0.2, 0) is 0 Å². The van der Waals surface area contributed by atoms with Crippen LogP contribution in [0.15, 0.2) is 34.1 Å². The van der Waals surface area contributed by atoms with E-state index in [2.05, 4.69) is 35.1 Å². The molecule has 1 nitrogen and oxygen atoms in total. The number of rotatable bonds is 5. The highest BCUT2D eigenvalue weighted by Crippen LogP contribution is 2.37. The first-order valence-corrected chi connectivity index (χ1v) is 8.07. The number of halogens is 2. The number of hydrogen-bond donors (Lipinski definition) is 1. The Hall–Kier alpha value is -0.710. The minimum absolute atomic E-state index is 0.193. The Kier molecular flexibility index (Phi) is 5.13. The van der Waals surface area contributed by atoms with E-state index in [0.29, 0.717) is 0 Å². The van der Waals surface area contributed by atoms with E-state index < -0.39 is 0 Å². The summed E-state index contributed by atoms with van der Waals surface area (Å²) in [5.41, 5.74) is 2.11. The summed E-state index contributed by atoms with van der Waals surface area (Å²) in [5.74, 6) is -0.193. The highest BCUT2D eigenvalue weighted by atomic mass is 79.9. The molecule has 0 aliphatic heterocycles. The van der Waals surface area contributed by atoms with Crippen molar-refractivity contribution in [2.45, 2.75) is 26.3 Å². The number of nitrogens with one attached hydrogen (secondary N) is 1. The second kappa shape index (κ2) is 6.64. The van der Waals surface area contributed by atoms with Crippen LogP contribution >= 0.6 is 27.3 Å². The molecule has 2 rings (SSSR count). The second-order valence-corrected chi connectivity index (χ2v) is 6.28. The average Bonchev–Trinajstić information content (AvgIpc) is 2.82. The van der Waals surface area contributed by atoms with E-state index in [4.69, 9.17) is 0 Å². The molecule has 1 N–H and O–H groups in total. The van der Waals surface area contributed by atoms with Gasteiger partial charge in [-0.15, -0.1) is 11.3 Å². The molecular weight excluding hydrogens is 325 g/mol. The summed E-state index contributed by atoms with van der Waals surface area (Å²) in [7, 11) is 0. The fourth-order valence-electron chi connectivity index (χ4n) is 2.06. The van der Waals surface area contributed by atoms with Crippen LogP contribution in [0.1, 0.15) is 31.9 Å². The van der Waals surface area contributed by atoms with E-state index in [1.165, 1.54) is 6.07 Å². The van der Waals surface area contributed by atoms with E-state index in [1.54, 1.807) is 17.4 Å². The highest BCUT2D eigenvalue weighted by Gasteiger charge is 2.15. The Labute approximate surface area is 126 Å². The van der Waals surface area contributed by atoms with Crippen LogP contribution in [0.3, 0.4) is 0 Å². The molecule has 0 aliphatic carbocycles. The molecule has 1 unspecified atom stereocenters. The maximum absolute atomic E-state index is 13.6. The van der Waals surface area contributed by atoms with Crippen LogP contribution in [0.5, 0.6) is 0 Å². The van der Waals surface area contributed by atoms with Gasteiger partial charge in [0.1, 0.15) is 5.82 Å². The van der Waals surface area contributed by atoms with Crippen molar-refractivity contribution >= 4 is 27.3 Å². The fourth-order valence-corrected chi connectivity index (χ4v) is 3.69. The van der Waals surface area contributed by atoms with E-state index >= 15 is 0 Å². The molecule has 0 aliphatic rings. The van der Waals surface area contributed by atoms with E-state index in [9.17, 15) is 4.39 Å². The highest BCUT2D eigenvalue weighted by molar-refractivity contribution is 9.10. The van der Waals surface area contributed by atoms with Crippen molar-refractivity contribution in [3.05, 3.63) is 45.5 Å². The van der Waals surface area contributed by atoms with Crippen molar-refractivity contribution in [1.82, 2.24) is 5.32 Å². The molecule has 0 saturated carbocycles. The minimum Gasteiger partial charge on any atom is -0.310 e. The van der Waals surface area contributed by atoms with Crippen LogP contribution in [-0.4, -0.2) is 6.54 Å². The zero-order valence-corrected chi connectivity index (χ0v) is 13.4. The first-order chi connectivity index (χ1) is 9.13. The predicted molar refractivity (Wildman–Crippen MR) is 84.1 cm³/mol. The molecule has 1 aromatic carbocycles. The predicted octanol–water partition coefficient (Wildman–Crippen LogP) is 5.38. The summed E-state index contributed by atoms with van der Waals surface area (Å²) in [6.45, 7) is 5.22. The Bertz CT molecular complexity index is 553. The maximum atomic E-state index is 13.6. The molecule has 1 heterocycles. The quantitative estimate of drug-likeness (QED) is 0.769. The SMILES string of the molecule is CCCNC(C)c1ccc(F)cc1-c1sccc1Br. The van der Waals surface area contributed by atoms with Gasteiger partial charge in [-0.1, -0.05) is 13.0 Å². The largest absolute Gasteiger partial charge is 0.310 e. The van der Waals surface area contributed by atoms with Crippen molar-refractivity contribution in [3.8, 4) is 10.4 Å². The zero-order valence-electron chi connectivity index (χ0n) is 11.0. The molecule has 0 radical (unpaired) electrons. The molecule has 4 heteroatoms. The van der Waals surface area contributed by atoms with Crippen molar-refractivity contribution in [1.29, 1.82) is 0 Å². The van der Waals surface area contributed by atoms with Crippen molar-refractivity contribution in [2.75, 3.05) is 6.54 Å². The zero-order chi connectivity index (χ0) is 13.8. The van der Waals surface area contributed by atoms with E-state index in [-0.39, 0.29) is 11.9 Å². The van der Waals surface area contributed by atoms with Crippen molar-refractivity contribution in [3.63, 3.8) is 0 Å². The van der Waals surface area contributed by atoms with Crippen LogP contribution in [0.4, 0.5) is 4.39 Å². The molecule has 19 heavy (non-hydrogen) atoms. The average molecular weight is 342 g/mol. The summed E-state index contributed by atoms with van der Waals surface area (Å²) >= 11 is 5.16. The lowest BCUT2D eigenvalue weighted by molar-refractivity contribution is 0.569. The molecule has 0 amide bonds. The Morgan fingerprint density at radius 2 is 2.16 bits per heavy atom. The lowest BCUT2D eigenvalue weighted by Crippen LogP contribution is -2.19. The van der Waals surface area contributed by atoms with Gasteiger partial charge in [0.15, 0.2) is 0 Å². The summed E-state index contributed by atoms with van der Waals surface area (Å²) in [6, 6.07) is 7.24. The number of hydrogen-bond acceptors (Lipinski definition) is 2. The molecular formula is C15H17BrFNS.